The predicted octanol–water partition coefficient (Wildman–Crippen LogP) is 1.16. The number of esters is 1. The molecule has 0 bridgehead atoms. The molecule has 0 fully saturated rings. The smallest absolute Gasteiger partial charge is 0.339 e. The van der Waals surface area contributed by atoms with Crippen molar-refractivity contribution in [3.8, 4) is 0 Å². The highest BCUT2D eigenvalue weighted by molar-refractivity contribution is 9.10. The molecule has 0 heterocycles. The Hall–Kier alpha value is -0.960. The average molecular weight is 352 g/mol. The van der Waals surface area contributed by atoms with Crippen molar-refractivity contribution >= 4 is 31.9 Å². The van der Waals surface area contributed by atoms with Gasteiger partial charge in [-0.2, -0.15) is 0 Å². The van der Waals surface area contributed by atoms with E-state index in [1.54, 1.807) is 0 Å². The molecule has 8 heteroatoms. The zero-order valence-corrected chi connectivity index (χ0v) is 12.9. The fourth-order valence-electron chi connectivity index (χ4n) is 1.30. The maximum atomic E-state index is 11.9. The minimum Gasteiger partial charge on any atom is -0.465 e. The average Bonchev–Trinajstić information content (AvgIpc) is 2.38. The molecule has 0 saturated heterocycles. The molecular weight excluding hydrogens is 338 g/mol. The first-order chi connectivity index (χ1) is 8.92. The van der Waals surface area contributed by atoms with Crippen LogP contribution in [0.15, 0.2) is 27.6 Å². The van der Waals surface area contributed by atoms with Crippen LogP contribution < -0.4 is 4.72 Å². The molecule has 0 aromatic heterocycles. The molecular formula is C11H14BrNO5S. The lowest BCUT2D eigenvalue weighted by atomic mass is 10.2. The van der Waals surface area contributed by atoms with Gasteiger partial charge >= 0.3 is 5.97 Å². The zero-order chi connectivity index (χ0) is 14.5. The first-order valence-corrected chi connectivity index (χ1v) is 7.56. The van der Waals surface area contributed by atoms with E-state index in [1.165, 1.54) is 32.4 Å². The highest BCUT2D eigenvalue weighted by Crippen LogP contribution is 2.21. The van der Waals surface area contributed by atoms with Crippen LogP contribution in [0.2, 0.25) is 0 Å². The van der Waals surface area contributed by atoms with Crippen LogP contribution in [0.3, 0.4) is 0 Å². The minimum atomic E-state index is -3.67. The van der Waals surface area contributed by atoms with Crippen LogP contribution in [0, 0.1) is 0 Å². The molecule has 6 nitrogen and oxygen atoms in total. The summed E-state index contributed by atoms with van der Waals surface area (Å²) in [5.41, 5.74) is 0.150. The zero-order valence-electron chi connectivity index (χ0n) is 10.5. The van der Waals surface area contributed by atoms with E-state index in [2.05, 4.69) is 25.4 Å². The molecule has 0 amide bonds. The summed E-state index contributed by atoms with van der Waals surface area (Å²) < 4.78 is 36.1. The van der Waals surface area contributed by atoms with Gasteiger partial charge in [-0.1, -0.05) is 0 Å². The highest BCUT2D eigenvalue weighted by atomic mass is 79.9. The van der Waals surface area contributed by atoms with Gasteiger partial charge in [0.25, 0.3) is 0 Å². The number of ether oxygens (including phenoxy) is 2. The Bertz CT molecular complexity index is 558. The maximum Gasteiger partial charge on any atom is 0.339 e. The van der Waals surface area contributed by atoms with Gasteiger partial charge in [0.05, 0.1) is 24.2 Å². The number of carbonyl (C=O) groups excluding carboxylic acids is 1. The van der Waals surface area contributed by atoms with Crippen molar-refractivity contribution in [1.29, 1.82) is 0 Å². The Morgan fingerprint density at radius 3 is 2.63 bits per heavy atom. The summed E-state index contributed by atoms with van der Waals surface area (Å²) in [6.45, 7) is 0.419. The molecule has 1 aromatic carbocycles. The van der Waals surface area contributed by atoms with E-state index in [0.29, 0.717) is 4.47 Å². The summed E-state index contributed by atoms with van der Waals surface area (Å²) in [6, 6.07) is 4.13. The van der Waals surface area contributed by atoms with E-state index in [0.717, 1.165) is 0 Å². The summed E-state index contributed by atoms with van der Waals surface area (Å²) in [7, 11) is -0.968. The summed E-state index contributed by atoms with van der Waals surface area (Å²) in [5, 5.41) is 0. The van der Waals surface area contributed by atoms with Gasteiger partial charge < -0.3 is 9.47 Å². The van der Waals surface area contributed by atoms with Crippen molar-refractivity contribution < 1.29 is 22.7 Å². The normalized spacial score (nSPS) is 11.3. The quantitative estimate of drug-likeness (QED) is 0.614. The Labute approximate surface area is 120 Å². The molecule has 0 spiro atoms. The second kappa shape index (κ2) is 6.99. The number of hydrogen-bond donors (Lipinski definition) is 1. The third-order valence-corrected chi connectivity index (χ3v) is 4.40. The number of hydrogen-bond acceptors (Lipinski definition) is 5. The summed E-state index contributed by atoms with van der Waals surface area (Å²) in [5.74, 6) is -0.610. The van der Waals surface area contributed by atoms with Crippen molar-refractivity contribution in [1.82, 2.24) is 4.72 Å². The Balaban J connectivity index is 3.04. The van der Waals surface area contributed by atoms with Crippen LogP contribution in [0.25, 0.3) is 0 Å². The van der Waals surface area contributed by atoms with Gasteiger partial charge in [0, 0.05) is 18.1 Å². The van der Waals surface area contributed by atoms with Gasteiger partial charge in [-0.15, -0.1) is 0 Å². The van der Waals surface area contributed by atoms with Crippen molar-refractivity contribution in [2.75, 3.05) is 27.4 Å². The second-order valence-electron chi connectivity index (χ2n) is 3.52. The van der Waals surface area contributed by atoms with Crippen molar-refractivity contribution in [3.05, 3.63) is 28.2 Å². The van der Waals surface area contributed by atoms with Gasteiger partial charge in [0.2, 0.25) is 10.0 Å². The minimum absolute atomic E-state index is 0.00722. The van der Waals surface area contributed by atoms with Crippen LogP contribution in [0.5, 0.6) is 0 Å². The maximum absolute atomic E-state index is 11.9. The van der Waals surface area contributed by atoms with E-state index in [-0.39, 0.29) is 23.6 Å². The number of halogens is 1. The van der Waals surface area contributed by atoms with Gasteiger partial charge in [-0.3, -0.25) is 0 Å². The number of sulfonamides is 1. The topological polar surface area (TPSA) is 81.7 Å². The lowest BCUT2D eigenvalue weighted by Gasteiger charge is -2.08. The van der Waals surface area contributed by atoms with Crippen molar-refractivity contribution in [3.63, 3.8) is 0 Å². The molecule has 0 radical (unpaired) electrons. The molecule has 19 heavy (non-hydrogen) atoms. The monoisotopic (exact) mass is 351 g/mol. The van der Waals surface area contributed by atoms with Crippen LogP contribution >= 0.6 is 15.9 Å². The molecule has 0 aliphatic rings. The largest absolute Gasteiger partial charge is 0.465 e. The lowest BCUT2D eigenvalue weighted by molar-refractivity contribution is 0.0599. The number of carbonyl (C=O) groups is 1. The van der Waals surface area contributed by atoms with Crippen LogP contribution in [-0.4, -0.2) is 41.8 Å². The van der Waals surface area contributed by atoms with Gasteiger partial charge in [-0.05, 0) is 34.1 Å². The Kier molecular flexibility index (Phi) is 5.92. The third-order valence-electron chi connectivity index (χ3n) is 2.25. The van der Waals surface area contributed by atoms with Gasteiger partial charge in [0.1, 0.15) is 0 Å². The van der Waals surface area contributed by atoms with Crippen molar-refractivity contribution in [2.45, 2.75) is 4.90 Å². The number of benzene rings is 1. The van der Waals surface area contributed by atoms with Gasteiger partial charge in [0.15, 0.2) is 0 Å². The lowest BCUT2D eigenvalue weighted by Crippen LogP contribution is -2.27. The molecule has 0 saturated carbocycles. The first-order valence-electron chi connectivity index (χ1n) is 5.29. The molecule has 0 atom stereocenters. The fraction of sp³-hybridized carbons (Fsp3) is 0.364. The predicted molar refractivity (Wildman–Crippen MR) is 72.5 cm³/mol. The first kappa shape index (κ1) is 16.1. The van der Waals surface area contributed by atoms with E-state index in [4.69, 9.17) is 4.74 Å². The van der Waals surface area contributed by atoms with E-state index >= 15 is 0 Å². The SMILES string of the molecule is COCCNS(=O)(=O)c1ccc(Br)c(C(=O)OC)c1. The molecule has 1 aromatic rings. The summed E-state index contributed by atoms with van der Waals surface area (Å²) in [4.78, 5) is 11.5. The summed E-state index contributed by atoms with van der Waals surface area (Å²) >= 11 is 3.17. The van der Waals surface area contributed by atoms with Crippen molar-refractivity contribution in [2.24, 2.45) is 0 Å². The highest BCUT2D eigenvalue weighted by Gasteiger charge is 2.18. The van der Waals surface area contributed by atoms with E-state index < -0.39 is 16.0 Å². The Morgan fingerprint density at radius 2 is 2.05 bits per heavy atom. The molecule has 0 unspecified atom stereocenters. The van der Waals surface area contributed by atoms with E-state index in [9.17, 15) is 13.2 Å². The van der Waals surface area contributed by atoms with Crippen LogP contribution in [0.1, 0.15) is 10.4 Å². The summed E-state index contributed by atoms with van der Waals surface area (Å²) in [6.07, 6.45) is 0. The van der Waals surface area contributed by atoms with Crippen LogP contribution in [-0.2, 0) is 19.5 Å². The second-order valence-corrected chi connectivity index (χ2v) is 6.15. The van der Waals surface area contributed by atoms with E-state index in [1.807, 2.05) is 0 Å². The van der Waals surface area contributed by atoms with Crippen LogP contribution in [0.4, 0.5) is 0 Å². The molecule has 1 N–H and O–H groups in total. The molecule has 1 rings (SSSR count). The third kappa shape index (κ3) is 4.27. The number of methoxy groups -OCH3 is 2. The molecule has 0 aliphatic carbocycles. The molecule has 0 aliphatic heterocycles. The standard InChI is InChI=1S/C11H14BrNO5S/c1-17-6-5-13-19(15,16)8-3-4-10(12)9(7-8)11(14)18-2/h3-4,7,13H,5-6H2,1-2H3. The number of rotatable bonds is 6. The number of nitrogens with one attached hydrogen (secondary N) is 1. The molecule has 106 valence electrons. The Morgan fingerprint density at radius 1 is 1.37 bits per heavy atom. The van der Waals surface area contributed by atoms with Gasteiger partial charge in [-0.25, -0.2) is 17.9 Å². The fourth-order valence-corrected chi connectivity index (χ4v) is 2.75.